The molecule has 20 heavy (non-hydrogen) atoms. The third-order valence-corrected chi connectivity index (χ3v) is 5.50. The van der Waals surface area contributed by atoms with Gasteiger partial charge in [-0.2, -0.15) is 0 Å². The van der Waals surface area contributed by atoms with Crippen LogP contribution in [-0.2, 0) is 9.84 Å². The Morgan fingerprint density at radius 2 is 2.20 bits per heavy atom. The number of rotatable bonds is 2. The van der Waals surface area contributed by atoms with Crippen LogP contribution in [-0.4, -0.2) is 36.9 Å². The molecule has 1 aromatic carbocycles. The molecular weight excluding hydrogens is 300 g/mol. The van der Waals surface area contributed by atoms with Crippen LogP contribution in [0.4, 0.5) is 0 Å². The number of fused-ring (bicyclic) bond motifs is 1. The Morgan fingerprint density at radius 1 is 1.40 bits per heavy atom. The summed E-state index contributed by atoms with van der Waals surface area (Å²) in [7, 11) is -3.00. The van der Waals surface area contributed by atoms with Gasteiger partial charge in [-0.1, -0.05) is 23.7 Å². The number of nitrogens with one attached hydrogen (secondary N) is 2. The zero-order chi connectivity index (χ0) is 14.3. The van der Waals surface area contributed by atoms with Crippen LogP contribution in [0.1, 0.15) is 16.9 Å². The van der Waals surface area contributed by atoms with Crippen molar-refractivity contribution in [2.45, 2.75) is 12.5 Å². The number of halogens is 1. The molecule has 1 fully saturated rings. The minimum absolute atomic E-state index is 0.0136. The van der Waals surface area contributed by atoms with E-state index in [1.165, 1.54) is 0 Å². The van der Waals surface area contributed by atoms with Crippen molar-refractivity contribution < 1.29 is 13.2 Å². The van der Waals surface area contributed by atoms with Crippen molar-refractivity contribution in [3.8, 4) is 0 Å². The molecule has 1 aliphatic rings. The molecule has 1 amide bonds. The highest BCUT2D eigenvalue weighted by atomic mass is 35.5. The smallest absolute Gasteiger partial charge is 0.267 e. The van der Waals surface area contributed by atoms with Gasteiger partial charge in [0.2, 0.25) is 0 Å². The number of carbonyl (C=O) groups excluding carboxylic acids is 1. The molecule has 106 valence electrons. The average Bonchev–Trinajstić information content (AvgIpc) is 2.94. The van der Waals surface area contributed by atoms with E-state index in [-0.39, 0.29) is 23.5 Å². The maximum absolute atomic E-state index is 12.1. The SMILES string of the molecule is O=C(NC1CCS(=O)(=O)C1)c1cc2cccc(Cl)c2[nH]1. The predicted octanol–water partition coefficient (Wildman–Crippen LogP) is 1.74. The van der Waals surface area contributed by atoms with Crippen molar-refractivity contribution in [1.82, 2.24) is 10.3 Å². The van der Waals surface area contributed by atoms with Gasteiger partial charge in [0.15, 0.2) is 9.84 Å². The molecule has 0 saturated carbocycles. The van der Waals surface area contributed by atoms with Crippen LogP contribution in [0.5, 0.6) is 0 Å². The summed E-state index contributed by atoms with van der Waals surface area (Å²) in [6.45, 7) is 0. The zero-order valence-electron chi connectivity index (χ0n) is 10.5. The molecule has 3 rings (SSSR count). The number of hydrogen-bond donors (Lipinski definition) is 2. The van der Waals surface area contributed by atoms with Crippen LogP contribution in [0, 0.1) is 0 Å². The van der Waals surface area contributed by atoms with Crippen LogP contribution < -0.4 is 5.32 Å². The summed E-state index contributed by atoms with van der Waals surface area (Å²) in [4.78, 5) is 15.1. The first kappa shape index (κ1) is 13.5. The second-order valence-corrected chi connectivity index (χ2v) is 7.60. The summed E-state index contributed by atoms with van der Waals surface area (Å²) in [5.41, 5.74) is 1.09. The fourth-order valence-corrected chi connectivity index (χ4v) is 4.32. The second-order valence-electron chi connectivity index (χ2n) is 4.96. The van der Waals surface area contributed by atoms with Crippen molar-refractivity contribution in [2.75, 3.05) is 11.5 Å². The van der Waals surface area contributed by atoms with E-state index < -0.39 is 9.84 Å². The summed E-state index contributed by atoms with van der Waals surface area (Å²) in [6, 6.07) is 6.80. The molecule has 1 unspecified atom stereocenters. The van der Waals surface area contributed by atoms with E-state index in [9.17, 15) is 13.2 Å². The molecule has 0 bridgehead atoms. The Kier molecular flexibility index (Phi) is 3.22. The Bertz CT molecular complexity index is 782. The molecule has 1 saturated heterocycles. The van der Waals surface area contributed by atoms with Crippen molar-refractivity contribution >= 4 is 38.2 Å². The van der Waals surface area contributed by atoms with Crippen LogP contribution in [0.25, 0.3) is 10.9 Å². The maximum Gasteiger partial charge on any atom is 0.267 e. The van der Waals surface area contributed by atoms with E-state index in [2.05, 4.69) is 10.3 Å². The minimum Gasteiger partial charge on any atom is -0.349 e. The fourth-order valence-electron chi connectivity index (χ4n) is 2.41. The Balaban J connectivity index is 1.81. The molecule has 2 heterocycles. The molecule has 2 N–H and O–H groups in total. The highest BCUT2D eigenvalue weighted by Gasteiger charge is 2.29. The van der Waals surface area contributed by atoms with Crippen molar-refractivity contribution in [3.63, 3.8) is 0 Å². The molecular formula is C13H13ClN2O3S. The van der Waals surface area contributed by atoms with Crippen LogP contribution >= 0.6 is 11.6 Å². The van der Waals surface area contributed by atoms with Crippen molar-refractivity contribution in [1.29, 1.82) is 0 Å². The van der Waals surface area contributed by atoms with Gasteiger partial charge in [-0.05, 0) is 18.6 Å². The van der Waals surface area contributed by atoms with E-state index in [0.29, 0.717) is 22.7 Å². The molecule has 1 atom stereocenters. The van der Waals surface area contributed by atoms with E-state index in [0.717, 1.165) is 5.39 Å². The second kappa shape index (κ2) is 4.79. The van der Waals surface area contributed by atoms with Gasteiger partial charge in [0.1, 0.15) is 5.69 Å². The first-order valence-electron chi connectivity index (χ1n) is 6.23. The first-order valence-corrected chi connectivity index (χ1v) is 8.43. The van der Waals surface area contributed by atoms with Gasteiger partial charge in [0, 0.05) is 11.4 Å². The zero-order valence-corrected chi connectivity index (χ0v) is 12.1. The lowest BCUT2D eigenvalue weighted by atomic mass is 10.2. The minimum atomic E-state index is -3.00. The number of carbonyl (C=O) groups is 1. The normalized spacial score (nSPS) is 21.1. The number of amides is 1. The largest absolute Gasteiger partial charge is 0.349 e. The summed E-state index contributed by atoms with van der Waals surface area (Å²) >= 11 is 6.04. The van der Waals surface area contributed by atoms with Gasteiger partial charge >= 0.3 is 0 Å². The third-order valence-electron chi connectivity index (χ3n) is 3.42. The number of para-hydroxylation sites is 1. The van der Waals surface area contributed by atoms with Crippen molar-refractivity contribution in [2.24, 2.45) is 0 Å². The van der Waals surface area contributed by atoms with E-state index in [1.807, 2.05) is 12.1 Å². The lowest BCUT2D eigenvalue weighted by molar-refractivity contribution is 0.0937. The monoisotopic (exact) mass is 312 g/mol. The fraction of sp³-hybridized carbons (Fsp3) is 0.308. The summed E-state index contributed by atoms with van der Waals surface area (Å²) in [6.07, 6.45) is 0.467. The van der Waals surface area contributed by atoms with Crippen LogP contribution in [0.15, 0.2) is 24.3 Å². The predicted molar refractivity (Wildman–Crippen MR) is 77.8 cm³/mol. The molecule has 2 aromatic rings. The van der Waals surface area contributed by atoms with Crippen LogP contribution in [0.2, 0.25) is 5.02 Å². The van der Waals surface area contributed by atoms with Crippen molar-refractivity contribution in [3.05, 3.63) is 35.0 Å². The van der Waals surface area contributed by atoms with E-state index >= 15 is 0 Å². The number of sulfone groups is 1. The summed E-state index contributed by atoms with van der Waals surface area (Å²) in [5.74, 6) is -0.157. The molecule has 0 radical (unpaired) electrons. The van der Waals surface area contributed by atoms with Gasteiger partial charge < -0.3 is 10.3 Å². The lowest BCUT2D eigenvalue weighted by Gasteiger charge is -2.09. The highest BCUT2D eigenvalue weighted by Crippen LogP contribution is 2.23. The Hall–Kier alpha value is -1.53. The molecule has 1 aromatic heterocycles. The van der Waals surface area contributed by atoms with Gasteiger partial charge in [-0.15, -0.1) is 0 Å². The van der Waals surface area contributed by atoms with Gasteiger partial charge in [0.25, 0.3) is 5.91 Å². The van der Waals surface area contributed by atoms with E-state index in [4.69, 9.17) is 11.6 Å². The van der Waals surface area contributed by atoms with Crippen LogP contribution in [0.3, 0.4) is 0 Å². The number of benzene rings is 1. The Labute approximate surface area is 121 Å². The van der Waals surface area contributed by atoms with Gasteiger partial charge in [-0.25, -0.2) is 8.42 Å². The van der Waals surface area contributed by atoms with Gasteiger partial charge in [0.05, 0.1) is 22.0 Å². The number of H-pyrrole nitrogens is 1. The molecule has 7 heteroatoms. The number of aromatic nitrogens is 1. The number of aromatic amines is 1. The molecule has 0 spiro atoms. The standard InChI is InChI=1S/C13H13ClN2O3S/c14-10-3-1-2-8-6-11(16-12(8)10)13(17)15-9-4-5-20(18,19)7-9/h1-3,6,9,16H,4-5,7H2,(H,15,17). The topological polar surface area (TPSA) is 79.0 Å². The quantitative estimate of drug-likeness (QED) is 0.886. The molecule has 1 aliphatic heterocycles. The molecule has 5 nitrogen and oxygen atoms in total. The van der Waals surface area contributed by atoms with Gasteiger partial charge in [-0.3, -0.25) is 4.79 Å². The lowest BCUT2D eigenvalue weighted by Crippen LogP contribution is -2.35. The Morgan fingerprint density at radius 3 is 2.85 bits per heavy atom. The molecule has 0 aliphatic carbocycles. The third kappa shape index (κ3) is 2.53. The number of hydrogen-bond acceptors (Lipinski definition) is 3. The maximum atomic E-state index is 12.1. The summed E-state index contributed by atoms with van der Waals surface area (Å²) < 4.78 is 22.7. The first-order chi connectivity index (χ1) is 9.44. The summed E-state index contributed by atoms with van der Waals surface area (Å²) in [5, 5.41) is 4.13. The average molecular weight is 313 g/mol. The van der Waals surface area contributed by atoms with E-state index in [1.54, 1.807) is 12.1 Å². The highest BCUT2D eigenvalue weighted by molar-refractivity contribution is 7.91.